The van der Waals surface area contributed by atoms with Crippen molar-refractivity contribution in [1.29, 1.82) is 0 Å². The lowest BCUT2D eigenvalue weighted by molar-refractivity contribution is 0.640. The van der Waals surface area contributed by atoms with Gasteiger partial charge in [-0.1, -0.05) is 6.08 Å². The first-order valence-corrected chi connectivity index (χ1v) is 5.43. The van der Waals surface area contributed by atoms with Crippen LogP contribution in [0.2, 0.25) is 0 Å². The molecular formula is C9H12BrNS. The monoisotopic (exact) mass is 245 g/mol. The van der Waals surface area contributed by atoms with Crippen molar-refractivity contribution in [3.05, 3.63) is 33.5 Å². The molecule has 0 bridgehead atoms. The second-order valence-corrected chi connectivity index (χ2v) is 5.16. The molecule has 0 fully saturated rings. The number of nitrogens with one attached hydrogen (secondary N) is 1. The highest BCUT2D eigenvalue weighted by Gasteiger charge is 1.98. The summed E-state index contributed by atoms with van der Waals surface area (Å²) in [7, 11) is 0. The zero-order valence-electron chi connectivity index (χ0n) is 7.01. The normalized spacial score (nSPS) is 12.8. The van der Waals surface area contributed by atoms with Gasteiger partial charge in [-0.05, 0) is 35.0 Å². The van der Waals surface area contributed by atoms with Crippen LogP contribution < -0.4 is 5.32 Å². The second kappa shape index (κ2) is 4.80. The standard InChI is InChI=1S/C9H12BrNS/c1-3-7(2)11-6-8-4-5-9(10)12-8/h3-5,7,11H,1,6H2,2H3. The van der Waals surface area contributed by atoms with Gasteiger partial charge in [0.15, 0.2) is 0 Å². The molecule has 1 aromatic heterocycles. The molecule has 12 heavy (non-hydrogen) atoms. The Bertz CT molecular complexity index is 257. The van der Waals surface area contributed by atoms with E-state index in [9.17, 15) is 0 Å². The molecule has 0 amide bonds. The summed E-state index contributed by atoms with van der Waals surface area (Å²) >= 11 is 5.19. The molecule has 0 aliphatic heterocycles. The van der Waals surface area contributed by atoms with Crippen LogP contribution in [-0.2, 0) is 6.54 Å². The first kappa shape index (κ1) is 9.96. The maximum Gasteiger partial charge on any atom is 0.0701 e. The van der Waals surface area contributed by atoms with Crippen molar-refractivity contribution in [3.8, 4) is 0 Å². The number of rotatable bonds is 4. The summed E-state index contributed by atoms with van der Waals surface area (Å²) < 4.78 is 1.19. The maximum atomic E-state index is 3.71. The van der Waals surface area contributed by atoms with Gasteiger partial charge in [-0.25, -0.2) is 0 Å². The predicted octanol–water partition coefficient (Wildman–Crippen LogP) is 3.17. The molecule has 0 radical (unpaired) electrons. The van der Waals surface area contributed by atoms with E-state index in [1.807, 2.05) is 6.08 Å². The van der Waals surface area contributed by atoms with Gasteiger partial charge in [0.2, 0.25) is 0 Å². The molecule has 1 aromatic rings. The lowest BCUT2D eigenvalue weighted by atomic mass is 10.3. The minimum atomic E-state index is 0.380. The average molecular weight is 246 g/mol. The predicted molar refractivity (Wildman–Crippen MR) is 58.5 cm³/mol. The van der Waals surface area contributed by atoms with Crippen molar-refractivity contribution in [2.24, 2.45) is 0 Å². The van der Waals surface area contributed by atoms with Gasteiger partial charge in [0.25, 0.3) is 0 Å². The Morgan fingerprint density at radius 1 is 1.75 bits per heavy atom. The van der Waals surface area contributed by atoms with Gasteiger partial charge in [0.05, 0.1) is 3.79 Å². The summed E-state index contributed by atoms with van der Waals surface area (Å²) in [5.41, 5.74) is 0. The van der Waals surface area contributed by atoms with E-state index in [0.29, 0.717) is 6.04 Å². The number of hydrogen-bond donors (Lipinski definition) is 1. The van der Waals surface area contributed by atoms with Gasteiger partial charge in [0, 0.05) is 17.5 Å². The van der Waals surface area contributed by atoms with E-state index < -0.39 is 0 Å². The first-order chi connectivity index (χ1) is 5.72. The third-order valence-electron chi connectivity index (χ3n) is 1.58. The topological polar surface area (TPSA) is 12.0 Å². The third kappa shape index (κ3) is 3.09. The molecule has 0 spiro atoms. The molecule has 0 saturated carbocycles. The van der Waals surface area contributed by atoms with E-state index in [1.54, 1.807) is 11.3 Å². The molecular weight excluding hydrogens is 234 g/mol. The molecule has 0 aromatic carbocycles. The largest absolute Gasteiger partial charge is 0.306 e. The summed E-state index contributed by atoms with van der Waals surface area (Å²) in [6.07, 6.45) is 1.91. The summed E-state index contributed by atoms with van der Waals surface area (Å²) in [6.45, 7) is 6.72. The van der Waals surface area contributed by atoms with Crippen LogP contribution >= 0.6 is 27.3 Å². The third-order valence-corrected chi connectivity index (χ3v) is 3.20. The zero-order valence-corrected chi connectivity index (χ0v) is 9.41. The Hall–Kier alpha value is -0.120. The van der Waals surface area contributed by atoms with E-state index in [2.05, 4.69) is 46.9 Å². The van der Waals surface area contributed by atoms with Gasteiger partial charge in [-0.15, -0.1) is 17.9 Å². The Morgan fingerprint density at radius 3 is 3.00 bits per heavy atom. The highest BCUT2D eigenvalue weighted by molar-refractivity contribution is 9.11. The quantitative estimate of drug-likeness (QED) is 0.804. The van der Waals surface area contributed by atoms with Crippen molar-refractivity contribution in [2.45, 2.75) is 19.5 Å². The molecule has 1 atom stereocenters. The molecule has 1 unspecified atom stereocenters. The average Bonchev–Trinajstić information content (AvgIpc) is 2.47. The highest BCUT2D eigenvalue weighted by atomic mass is 79.9. The molecule has 3 heteroatoms. The lowest BCUT2D eigenvalue weighted by Gasteiger charge is -2.06. The van der Waals surface area contributed by atoms with E-state index >= 15 is 0 Å². The fourth-order valence-electron chi connectivity index (χ4n) is 0.792. The summed E-state index contributed by atoms with van der Waals surface area (Å²) in [5.74, 6) is 0. The van der Waals surface area contributed by atoms with Crippen LogP contribution in [0.3, 0.4) is 0 Å². The highest BCUT2D eigenvalue weighted by Crippen LogP contribution is 2.21. The lowest BCUT2D eigenvalue weighted by Crippen LogP contribution is -2.22. The Kier molecular flexibility index (Phi) is 3.98. The molecule has 1 heterocycles. The molecule has 1 rings (SSSR count). The number of hydrogen-bond acceptors (Lipinski definition) is 2. The van der Waals surface area contributed by atoms with Crippen LogP contribution in [0.4, 0.5) is 0 Å². The molecule has 0 aliphatic carbocycles. The fourth-order valence-corrected chi connectivity index (χ4v) is 2.23. The molecule has 1 nitrogen and oxygen atoms in total. The molecule has 1 N–H and O–H groups in total. The SMILES string of the molecule is C=CC(C)NCc1ccc(Br)s1. The Labute approximate surface area is 85.6 Å². The summed E-state index contributed by atoms with van der Waals surface area (Å²) in [5, 5.41) is 3.33. The van der Waals surface area contributed by atoms with Crippen LogP contribution in [0.15, 0.2) is 28.6 Å². The first-order valence-electron chi connectivity index (χ1n) is 3.82. The van der Waals surface area contributed by atoms with Crippen molar-refractivity contribution in [2.75, 3.05) is 0 Å². The van der Waals surface area contributed by atoms with Gasteiger partial charge < -0.3 is 5.32 Å². The van der Waals surface area contributed by atoms with Gasteiger partial charge >= 0.3 is 0 Å². The zero-order chi connectivity index (χ0) is 8.97. The van der Waals surface area contributed by atoms with Crippen LogP contribution in [0.25, 0.3) is 0 Å². The minimum absolute atomic E-state index is 0.380. The maximum absolute atomic E-state index is 3.71. The van der Waals surface area contributed by atoms with Gasteiger partial charge in [-0.3, -0.25) is 0 Å². The van der Waals surface area contributed by atoms with Crippen LogP contribution in [0.5, 0.6) is 0 Å². The number of thiophene rings is 1. The van der Waals surface area contributed by atoms with E-state index in [1.165, 1.54) is 8.66 Å². The fraction of sp³-hybridized carbons (Fsp3) is 0.333. The van der Waals surface area contributed by atoms with Crippen molar-refractivity contribution in [3.63, 3.8) is 0 Å². The molecule has 66 valence electrons. The Balaban J connectivity index is 2.37. The van der Waals surface area contributed by atoms with E-state index in [-0.39, 0.29) is 0 Å². The number of halogens is 1. The van der Waals surface area contributed by atoms with Gasteiger partial charge in [0.1, 0.15) is 0 Å². The summed E-state index contributed by atoms with van der Waals surface area (Å²) in [6, 6.07) is 4.57. The second-order valence-electron chi connectivity index (χ2n) is 2.61. The van der Waals surface area contributed by atoms with Crippen molar-refractivity contribution in [1.82, 2.24) is 5.32 Å². The van der Waals surface area contributed by atoms with Crippen molar-refractivity contribution >= 4 is 27.3 Å². The minimum Gasteiger partial charge on any atom is -0.306 e. The van der Waals surface area contributed by atoms with Crippen LogP contribution in [0.1, 0.15) is 11.8 Å². The van der Waals surface area contributed by atoms with Crippen LogP contribution in [0, 0.1) is 0 Å². The Morgan fingerprint density at radius 2 is 2.50 bits per heavy atom. The molecule has 0 aliphatic rings. The van der Waals surface area contributed by atoms with E-state index in [4.69, 9.17) is 0 Å². The van der Waals surface area contributed by atoms with Crippen molar-refractivity contribution < 1.29 is 0 Å². The van der Waals surface area contributed by atoms with Crippen LogP contribution in [-0.4, -0.2) is 6.04 Å². The smallest absolute Gasteiger partial charge is 0.0701 e. The van der Waals surface area contributed by atoms with Gasteiger partial charge in [-0.2, -0.15) is 0 Å². The molecule has 0 saturated heterocycles. The summed E-state index contributed by atoms with van der Waals surface area (Å²) in [4.78, 5) is 1.34. The van der Waals surface area contributed by atoms with E-state index in [0.717, 1.165) is 6.54 Å².